The van der Waals surface area contributed by atoms with Crippen molar-refractivity contribution in [3.63, 3.8) is 0 Å². The second kappa shape index (κ2) is 9.95. The summed E-state index contributed by atoms with van der Waals surface area (Å²) in [7, 11) is 0. The van der Waals surface area contributed by atoms with Crippen molar-refractivity contribution < 1.29 is 19.8 Å². The van der Waals surface area contributed by atoms with Crippen molar-refractivity contribution in [3.8, 4) is 0 Å². The Balaban J connectivity index is 1.38. The summed E-state index contributed by atoms with van der Waals surface area (Å²) in [6, 6.07) is 0.168. The van der Waals surface area contributed by atoms with Gasteiger partial charge in [0.25, 0.3) is 0 Å². The van der Waals surface area contributed by atoms with Gasteiger partial charge in [-0.15, -0.1) is 0 Å². The highest BCUT2D eigenvalue weighted by atomic mass is 16.4. The third-order valence-electron chi connectivity index (χ3n) is 10.3. The lowest BCUT2D eigenvalue weighted by Crippen LogP contribution is -2.48. The highest BCUT2D eigenvalue weighted by molar-refractivity contribution is 5.80. The Morgan fingerprint density at radius 1 is 1.15 bits per heavy atom. The summed E-state index contributed by atoms with van der Waals surface area (Å²) in [6.07, 6.45) is 14.2. The lowest BCUT2D eigenvalue weighted by atomic mass is 9.51. The zero-order valence-corrected chi connectivity index (χ0v) is 21.8. The molecule has 34 heavy (non-hydrogen) atoms. The molecule has 3 N–H and O–H groups in total. The molecule has 0 aliphatic heterocycles. The van der Waals surface area contributed by atoms with E-state index in [1.807, 2.05) is 13.8 Å². The number of rotatable bonds is 8. The molecule has 0 aromatic rings. The first-order valence-electron chi connectivity index (χ1n) is 13.9. The van der Waals surface area contributed by atoms with Crippen LogP contribution >= 0.6 is 0 Å². The highest BCUT2D eigenvalue weighted by Crippen LogP contribution is 2.64. The van der Waals surface area contributed by atoms with E-state index >= 15 is 0 Å². The normalized spacial score (nSPS) is 38.2. The number of carboxylic acids is 1. The maximum Gasteiger partial charge on any atom is 0.303 e. The molecule has 0 radical (unpaired) electrons. The summed E-state index contributed by atoms with van der Waals surface area (Å²) in [4.78, 5) is 22.9. The van der Waals surface area contributed by atoms with Gasteiger partial charge >= 0.3 is 5.97 Å². The Hall–Kier alpha value is -1.36. The number of hydrogen-bond donors (Lipinski definition) is 3. The molecular formula is C29H47NO4. The van der Waals surface area contributed by atoms with Gasteiger partial charge in [-0.2, -0.15) is 0 Å². The second-order valence-corrected chi connectivity index (χ2v) is 13.1. The molecule has 4 unspecified atom stereocenters. The van der Waals surface area contributed by atoms with Crippen LogP contribution in [0, 0.1) is 40.9 Å². The van der Waals surface area contributed by atoms with Crippen LogP contribution in [0.1, 0.15) is 105 Å². The first-order chi connectivity index (χ1) is 16.0. The molecule has 4 aliphatic rings. The molecule has 4 aliphatic carbocycles. The van der Waals surface area contributed by atoms with Crippen LogP contribution in [0.3, 0.4) is 0 Å². The molecule has 0 aromatic heterocycles. The smallest absolute Gasteiger partial charge is 0.303 e. The van der Waals surface area contributed by atoms with Gasteiger partial charge in [-0.3, -0.25) is 9.59 Å². The number of fused-ring (bicyclic) bond motifs is 5. The largest absolute Gasteiger partial charge is 0.481 e. The summed E-state index contributed by atoms with van der Waals surface area (Å²) >= 11 is 0. The van der Waals surface area contributed by atoms with Crippen LogP contribution in [0.2, 0.25) is 0 Å². The fourth-order valence-electron chi connectivity index (χ4n) is 8.67. The standard InChI is InChI=1S/C29H47NO4/c1-18(13-15-28(2,3)34)24-9-10-25-23-7-5-19-17-20(30-26(31)11-12-27(32)33)6-8-21(19)22(23)14-16-29(24,25)4/h5,18,20-25,34H,6-17H2,1-4H3,(H,30,31)(H,32,33)/t18?,20-,21-,22?,23?,24+,25?,29+/m0/s1. The number of aliphatic hydroxyl groups is 1. The van der Waals surface area contributed by atoms with Gasteiger partial charge in [-0.1, -0.05) is 25.5 Å². The Labute approximate surface area is 206 Å². The Kier molecular flexibility index (Phi) is 7.53. The van der Waals surface area contributed by atoms with Crippen LogP contribution in [-0.2, 0) is 9.59 Å². The number of amides is 1. The number of allylic oxidation sites excluding steroid dienone is 1. The van der Waals surface area contributed by atoms with Crippen LogP contribution in [0.4, 0.5) is 0 Å². The first kappa shape index (κ1) is 25.7. The Morgan fingerprint density at radius 2 is 1.91 bits per heavy atom. The number of aliphatic carboxylic acids is 1. The molecule has 4 rings (SSSR count). The minimum atomic E-state index is -0.912. The highest BCUT2D eigenvalue weighted by Gasteiger charge is 2.56. The third-order valence-corrected chi connectivity index (χ3v) is 10.3. The number of carbonyl (C=O) groups is 2. The topological polar surface area (TPSA) is 86.6 Å². The zero-order valence-electron chi connectivity index (χ0n) is 21.8. The summed E-state index contributed by atoms with van der Waals surface area (Å²) in [5.41, 5.74) is 1.44. The van der Waals surface area contributed by atoms with E-state index in [9.17, 15) is 14.7 Å². The van der Waals surface area contributed by atoms with Gasteiger partial charge in [0.05, 0.1) is 12.0 Å². The summed E-state index contributed by atoms with van der Waals surface area (Å²) < 4.78 is 0. The van der Waals surface area contributed by atoms with E-state index in [0.29, 0.717) is 17.3 Å². The predicted molar refractivity (Wildman–Crippen MR) is 134 cm³/mol. The van der Waals surface area contributed by atoms with Crippen molar-refractivity contribution in [2.75, 3.05) is 0 Å². The van der Waals surface area contributed by atoms with Crippen LogP contribution in [0.25, 0.3) is 0 Å². The molecule has 5 heteroatoms. The van der Waals surface area contributed by atoms with Gasteiger partial charge in [0, 0.05) is 12.5 Å². The molecule has 0 bridgehead atoms. The summed E-state index contributed by atoms with van der Waals surface area (Å²) in [5, 5.41) is 22.2. The van der Waals surface area contributed by atoms with Crippen molar-refractivity contribution in [2.45, 2.75) is 116 Å². The maximum atomic E-state index is 12.1. The van der Waals surface area contributed by atoms with Gasteiger partial charge in [-0.05, 0) is 119 Å². The maximum absolute atomic E-state index is 12.1. The summed E-state index contributed by atoms with van der Waals surface area (Å²) in [6.45, 7) is 8.90. The van der Waals surface area contributed by atoms with Gasteiger partial charge in [0.2, 0.25) is 5.91 Å². The van der Waals surface area contributed by atoms with Crippen molar-refractivity contribution in [1.82, 2.24) is 5.32 Å². The molecule has 3 saturated carbocycles. The van der Waals surface area contributed by atoms with E-state index in [1.165, 1.54) is 32.1 Å². The van der Waals surface area contributed by atoms with E-state index in [-0.39, 0.29) is 24.8 Å². The quantitative estimate of drug-likeness (QED) is 0.394. The lowest BCUT2D eigenvalue weighted by Gasteiger charge is -2.54. The van der Waals surface area contributed by atoms with Crippen LogP contribution < -0.4 is 5.32 Å². The molecule has 8 atom stereocenters. The fourth-order valence-corrected chi connectivity index (χ4v) is 8.67. The van der Waals surface area contributed by atoms with Crippen LogP contribution in [-0.4, -0.2) is 33.7 Å². The minimum Gasteiger partial charge on any atom is -0.481 e. The van der Waals surface area contributed by atoms with Crippen molar-refractivity contribution >= 4 is 11.9 Å². The molecule has 0 aromatic carbocycles. The molecule has 0 heterocycles. The van der Waals surface area contributed by atoms with Crippen LogP contribution in [0.15, 0.2) is 11.6 Å². The monoisotopic (exact) mass is 473 g/mol. The molecular weight excluding hydrogens is 426 g/mol. The van der Waals surface area contributed by atoms with Gasteiger partial charge in [0.1, 0.15) is 0 Å². The SMILES string of the molecule is CC(CCC(C)(C)O)[C@H]1CCC2C3CC=C4C[C@@H](NC(=O)CCC(=O)O)CC[C@@H]4C3CC[C@@]21C. The average molecular weight is 474 g/mol. The van der Waals surface area contributed by atoms with Gasteiger partial charge < -0.3 is 15.5 Å². The minimum absolute atomic E-state index is 0.0780. The number of nitrogens with one attached hydrogen (secondary N) is 1. The Bertz CT molecular complexity index is 798. The molecule has 5 nitrogen and oxygen atoms in total. The zero-order chi connectivity index (χ0) is 24.7. The second-order valence-electron chi connectivity index (χ2n) is 13.1. The predicted octanol–water partition coefficient (Wildman–Crippen LogP) is 5.71. The van der Waals surface area contributed by atoms with Crippen LogP contribution in [0.5, 0.6) is 0 Å². The van der Waals surface area contributed by atoms with E-state index in [2.05, 4.69) is 25.2 Å². The van der Waals surface area contributed by atoms with Crippen molar-refractivity contribution in [1.29, 1.82) is 0 Å². The molecule has 0 spiro atoms. The number of carbonyl (C=O) groups excluding carboxylic acids is 1. The molecule has 0 saturated heterocycles. The van der Waals surface area contributed by atoms with Gasteiger partial charge in [-0.25, -0.2) is 0 Å². The molecule has 3 fully saturated rings. The van der Waals surface area contributed by atoms with E-state index < -0.39 is 11.6 Å². The van der Waals surface area contributed by atoms with E-state index in [1.54, 1.807) is 5.57 Å². The van der Waals surface area contributed by atoms with E-state index in [0.717, 1.165) is 55.8 Å². The molecule has 192 valence electrons. The summed E-state index contributed by atoms with van der Waals surface area (Å²) in [5.74, 6) is 3.53. The van der Waals surface area contributed by atoms with Crippen molar-refractivity contribution in [2.24, 2.45) is 40.9 Å². The van der Waals surface area contributed by atoms with E-state index in [4.69, 9.17) is 5.11 Å². The lowest BCUT2D eigenvalue weighted by molar-refractivity contribution is -0.139. The number of hydrogen-bond acceptors (Lipinski definition) is 3. The van der Waals surface area contributed by atoms with Crippen molar-refractivity contribution in [3.05, 3.63) is 11.6 Å². The molecule has 1 amide bonds. The Morgan fingerprint density at radius 3 is 2.62 bits per heavy atom. The first-order valence-corrected chi connectivity index (χ1v) is 13.9. The fraction of sp³-hybridized carbons (Fsp3) is 0.862. The van der Waals surface area contributed by atoms with Gasteiger partial charge in [0.15, 0.2) is 0 Å². The third kappa shape index (κ3) is 5.39. The average Bonchev–Trinajstić information content (AvgIpc) is 3.12. The number of carboxylic acid groups (broad SMARTS) is 1.